The first kappa shape index (κ1) is 13.8. The Labute approximate surface area is 114 Å². The van der Waals surface area contributed by atoms with Crippen LogP contribution in [0.5, 0.6) is 5.75 Å². The summed E-state index contributed by atoms with van der Waals surface area (Å²) in [5.41, 5.74) is 6.30. The summed E-state index contributed by atoms with van der Waals surface area (Å²) in [6.45, 7) is 0. The normalized spacial score (nSPS) is 10.2. The fourth-order valence-corrected chi connectivity index (χ4v) is 1.69. The number of nitrogens with one attached hydrogen (secondary N) is 1. The minimum absolute atomic E-state index is 0.124. The maximum Gasteiger partial charge on any atom is 0.255 e. The van der Waals surface area contributed by atoms with Crippen LogP contribution in [0.2, 0.25) is 0 Å². The molecule has 6 heteroatoms. The molecule has 0 aliphatic rings. The maximum atomic E-state index is 13.1. The molecule has 0 saturated carbocycles. The summed E-state index contributed by atoms with van der Waals surface area (Å²) in [6, 6.07) is 7.23. The topological polar surface area (TPSA) is 64.3 Å². The van der Waals surface area contributed by atoms with Crippen molar-refractivity contribution in [1.82, 2.24) is 0 Å². The van der Waals surface area contributed by atoms with Gasteiger partial charge in [0.25, 0.3) is 5.91 Å². The Bertz CT molecular complexity index is 639. The maximum absolute atomic E-state index is 13.1. The van der Waals surface area contributed by atoms with Gasteiger partial charge in [-0.25, -0.2) is 8.78 Å². The highest BCUT2D eigenvalue weighted by molar-refractivity contribution is 6.05. The molecule has 3 N–H and O–H groups in total. The summed E-state index contributed by atoms with van der Waals surface area (Å²) in [7, 11) is 1.42. The highest BCUT2D eigenvalue weighted by Gasteiger charge is 2.12. The number of benzene rings is 2. The molecular formula is C14H12F2N2O2. The molecule has 0 atom stereocenters. The first-order valence-corrected chi connectivity index (χ1v) is 5.70. The quantitative estimate of drug-likeness (QED) is 0.848. The molecule has 104 valence electrons. The van der Waals surface area contributed by atoms with Crippen LogP contribution in [0.1, 0.15) is 10.4 Å². The smallest absolute Gasteiger partial charge is 0.255 e. The predicted octanol–water partition coefficient (Wildman–Crippen LogP) is 2.81. The zero-order chi connectivity index (χ0) is 14.7. The van der Waals surface area contributed by atoms with Crippen molar-refractivity contribution in [3.05, 3.63) is 53.6 Å². The third kappa shape index (κ3) is 3.03. The van der Waals surface area contributed by atoms with Crippen molar-refractivity contribution in [2.45, 2.75) is 0 Å². The highest BCUT2D eigenvalue weighted by atomic mass is 19.1. The molecule has 20 heavy (non-hydrogen) atoms. The fraction of sp³-hybridized carbons (Fsp3) is 0.0714. The molecule has 0 radical (unpaired) electrons. The summed E-state index contributed by atoms with van der Waals surface area (Å²) in [4.78, 5) is 11.9. The van der Waals surface area contributed by atoms with Crippen molar-refractivity contribution in [3.63, 3.8) is 0 Å². The van der Waals surface area contributed by atoms with Crippen molar-refractivity contribution in [1.29, 1.82) is 0 Å². The number of amides is 1. The van der Waals surface area contributed by atoms with Crippen molar-refractivity contribution < 1.29 is 18.3 Å². The van der Waals surface area contributed by atoms with Gasteiger partial charge in [0.2, 0.25) is 0 Å². The van der Waals surface area contributed by atoms with Gasteiger partial charge in [-0.05, 0) is 24.3 Å². The van der Waals surface area contributed by atoms with Crippen LogP contribution in [0.4, 0.5) is 20.2 Å². The summed E-state index contributed by atoms with van der Waals surface area (Å²) >= 11 is 0. The van der Waals surface area contributed by atoms with Gasteiger partial charge in [-0.1, -0.05) is 0 Å². The van der Waals surface area contributed by atoms with Gasteiger partial charge < -0.3 is 15.8 Å². The van der Waals surface area contributed by atoms with Gasteiger partial charge in [0, 0.05) is 23.4 Å². The average Bonchev–Trinajstić information content (AvgIpc) is 2.39. The van der Waals surface area contributed by atoms with Crippen LogP contribution in [-0.2, 0) is 0 Å². The second-order valence-corrected chi connectivity index (χ2v) is 4.07. The van der Waals surface area contributed by atoms with Crippen LogP contribution in [0.15, 0.2) is 36.4 Å². The Morgan fingerprint density at radius 3 is 2.40 bits per heavy atom. The number of hydrogen-bond donors (Lipinski definition) is 2. The number of anilines is 2. The van der Waals surface area contributed by atoms with Crippen molar-refractivity contribution in [2.75, 3.05) is 18.2 Å². The minimum Gasteiger partial charge on any atom is -0.494 e. The number of ether oxygens (including phenoxy) is 1. The van der Waals surface area contributed by atoms with Gasteiger partial charge in [-0.15, -0.1) is 0 Å². The molecule has 0 spiro atoms. The molecule has 0 fully saturated rings. The molecule has 4 nitrogen and oxygen atoms in total. The van der Waals surface area contributed by atoms with Crippen LogP contribution in [0, 0.1) is 11.6 Å². The molecule has 0 heterocycles. The fourth-order valence-electron chi connectivity index (χ4n) is 1.69. The van der Waals surface area contributed by atoms with Crippen molar-refractivity contribution >= 4 is 17.3 Å². The van der Waals surface area contributed by atoms with Crippen LogP contribution < -0.4 is 15.8 Å². The largest absolute Gasteiger partial charge is 0.494 e. The number of halogens is 2. The van der Waals surface area contributed by atoms with Crippen LogP contribution in [-0.4, -0.2) is 13.0 Å². The average molecular weight is 278 g/mol. The van der Waals surface area contributed by atoms with E-state index in [2.05, 4.69) is 5.32 Å². The van der Waals surface area contributed by atoms with E-state index < -0.39 is 17.5 Å². The SMILES string of the molecule is COc1cc(N)ccc1NC(=O)c1cc(F)cc(F)c1. The van der Waals surface area contributed by atoms with E-state index in [1.807, 2.05) is 0 Å². The molecule has 1 amide bonds. The third-order valence-corrected chi connectivity index (χ3v) is 2.60. The predicted molar refractivity (Wildman–Crippen MR) is 71.7 cm³/mol. The Hall–Kier alpha value is -2.63. The van der Waals surface area contributed by atoms with E-state index in [9.17, 15) is 13.6 Å². The van der Waals surface area contributed by atoms with E-state index in [0.717, 1.165) is 12.1 Å². The molecule has 0 unspecified atom stereocenters. The number of rotatable bonds is 3. The van der Waals surface area contributed by atoms with Crippen molar-refractivity contribution in [3.8, 4) is 5.75 Å². The lowest BCUT2D eigenvalue weighted by Gasteiger charge is -2.11. The van der Waals surface area contributed by atoms with Crippen LogP contribution in [0.25, 0.3) is 0 Å². The lowest BCUT2D eigenvalue weighted by Crippen LogP contribution is -2.13. The zero-order valence-electron chi connectivity index (χ0n) is 10.6. The van der Waals surface area contributed by atoms with Gasteiger partial charge >= 0.3 is 0 Å². The highest BCUT2D eigenvalue weighted by Crippen LogP contribution is 2.27. The number of methoxy groups -OCH3 is 1. The first-order valence-electron chi connectivity index (χ1n) is 5.70. The number of nitrogen functional groups attached to an aromatic ring is 1. The van der Waals surface area contributed by atoms with E-state index in [1.165, 1.54) is 13.2 Å². The molecule has 0 saturated heterocycles. The second kappa shape index (κ2) is 5.56. The Morgan fingerprint density at radius 2 is 1.80 bits per heavy atom. The Kier molecular flexibility index (Phi) is 3.84. The lowest BCUT2D eigenvalue weighted by atomic mass is 10.2. The summed E-state index contributed by atoms with van der Waals surface area (Å²) in [5, 5.41) is 2.51. The monoisotopic (exact) mass is 278 g/mol. The Morgan fingerprint density at radius 1 is 1.15 bits per heavy atom. The molecule has 0 aliphatic carbocycles. The Balaban J connectivity index is 2.27. The molecule has 0 bridgehead atoms. The van der Waals surface area contributed by atoms with Gasteiger partial charge in [0.1, 0.15) is 17.4 Å². The molecule has 0 aromatic heterocycles. The van der Waals surface area contributed by atoms with Gasteiger partial charge in [-0.3, -0.25) is 4.79 Å². The van der Waals surface area contributed by atoms with E-state index in [1.54, 1.807) is 12.1 Å². The molecule has 2 aromatic carbocycles. The number of hydrogen-bond acceptors (Lipinski definition) is 3. The summed E-state index contributed by atoms with van der Waals surface area (Å²) in [6.07, 6.45) is 0. The van der Waals surface area contributed by atoms with Gasteiger partial charge in [-0.2, -0.15) is 0 Å². The second-order valence-electron chi connectivity index (χ2n) is 4.07. The minimum atomic E-state index is -0.820. The van der Waals surface area contributed by atoms with E-state index in [0.29, 0.717) is 23.2 Å². The van der Waals surface area contributed by atoms with Crippen LogP contribution >= 0.6 is 0 Å². The molecule has 0 aliphatic heterocycles. The summed E-state index contributed by atoms with van der Waals surface area (Å²) < 4.78 is 31.2. The van der Waals surface area contributed by atoms with Gasteiger partial charge in [0.15, 0.2) is 0 Å². The van der Waals surface area contributed by atoms with Crippen LogP contribution in [0.3, 0.4) is 0 Å². The van der Waals surface area contributed by atoms with Crippen molar-refractivity contribution in [2.24, 2.45) is 0 Å². The third-order valence-electron chi connectivity index (χ3n) is 2.60. The molecule has 2 rings (SSSR count). The van der Waals surface area contributed by atoms with E-state index in [-0.39, 0.29) is 5.56 Å². The summed E-state index contributed by atoms with van der Waals surface area (Å²) in [5.74, 6) is -1.93. The van der Waals surface area contributed by atoms with E-state index >= 15 is 0 Å². The number of nitrogens with two attached hydrogens (primary N) is 1. The van der Waals surface area contributed by atoms with Gasteiger partial charge in [0.05, 0.1) is 12.8 Å². The first-order chi connectivity index (χ1) is 9.49. The standard InChI is InChI=1S/C14H12F2N2O2/c1-20-13-7-11(17)2-3-12(13)18-14(19)8-4-9(15)6-10(16)5-8/h2-7H,17H2,1H3,(H,18,19). The number of carbonyl (C=O) groups is 1. The zero-order valence-corrected chi connectivity index (χ0v) is 10.6. The molecular weight excluding hydrogens is 266 g/mol. The molecule has 2 aromatic rings. The lowest BCUT2D eigenvalue weighted by molar-refractivity contribution is 0.102. The van der Waals surface area contributed by atoms with E-state index in [4.69, 9.17) is 10.5 Å². The number of carbonyl (C=O) groups excluding carboxylic acids is 1.